The Bertz CT molecular complexity index is 364. The molecule has 5 nitrogen and oxygen atoms in total. The molecule has 3 atom stereocenters. The number of hydrogen-bond acceptors (Lipinski definition) is 4. The van der Waals surface area contributed by atoms with E-state index in [1.165, 1.54) is 14.0 Å². The molecule has 0 aromatic carbocycles. The summed E-state index contributed by atoms with van der Waals surface area (Å²) in [5, 5.41) is 0. The van der Waals surface area contributed by atoms with Gasteiger partial charge in [-0.25, -0.2) is 0 Å². The van der Waals surface area contributed by atoms with Crippen molar-refractivity contribution in [3.8, 4) is 0 Å². The number of Topliss-reactive ketones (excluding diaryl/α,β-unsaturated/α-hetero) is 1. The molecule has 0 N–H and O–H groups in total. The molecule has 1 saturated heterocycles. The highest BCUT2D eigenvalue weighted by Gasteiger charge is 2.42. The zero-order valence-electron chi connectivity index (χ0n) is 9.23. The first kappa shape index (κ1) is 13.0. The molecule has 0 aromatic rings. The van der Waals surface area contributed by atoms with E-state index >= 15 is 0 Å². The minimum atomic E-state index is -0.691. The summed E-state index contributed by atoms with van der Waals surface area (Å²) in [4.78, 5) is 46.4. The summed E-state index contributed by atoms with van der Waals surface area (Å²) in [7, 11) is 3.37. The molecule has 1 fully saturated rings. The maximum Gasteiger partial charge on any atom is 0.233 e. The zero-order chi connectivity index (χ0) is 12.5. The summed E-state index contributed by atoms with van der Waals surface area (Å²) < 4.78 is 0. The quantitative estimate of drug-likeness (QED) is 0.514. The topological polar surface area (TPSA) is 71.5 Å². The first-order chi connectivity index (χ1) is 7.34. The Labute approximate surface area is 95.8 Å². The van der Waals surface area contributed by atoms with Gasteiger partial charge in [-0.3, -0.25) is 19.3 Å². The van der Waals surface area contributed by atoms with Crippen LogP contribution in [0.25, 0.3) is 0 Å². The second kappa shape index (κ2) is 4.83. The number of amides is 2. The van der Waals surface area contributed by atoms with E-state index in [4.69, 9.17) is 0 Å². The molecule has 1 unspecified atom stereocenters. The number of carbonyl (C=O) groups excluding carboxylic acids is 4. The van der Waals surface area contributed by atoms with Crippen LogP contribution in [-0.2, 0) is 19.2 Å². The number of rotatable bonds is 4. The van der Waals surface area contributed by atoms with Crippen LogP contribution in [0.5, 0.6) is 0 Å². The van der Waals surface area contributed by atoms with Crippen molar-refractivity contribution in [1.82, 2.24) is 4.90 Å². The Balaban J connectivity index is 2.88. The monoisotopic (exact) mass is 243 g/mol. The van der Waals surface area contributed by atoms with Gasteiger partial charge in [0.2, 0.25) is 11.8 Å². The van der Waals surface area contributed by atoms with Crippen molar-refractivity contribution >= 4 is 32.4 Å². The summed E-state index contributed by atoms with van der Waals surface area (Å²) in [5.74, 6) is -2.19. The van der Waals surface area contributed by atoms with Gasteiger partial charge in [0.25, 0.3) is 0 Å². The predicted octanol–water partition coefficient (Wildman–Crippen LogP) is -0.0117. The van der Waals surface area contributed by atoms with E-state index in [2.05, 4.69) is 0 Å². The number of ketones is 1. The molecule has 1 rings (SSSR count). The molecule has 2 amide bonds. The summed E-state index contributed by atoms with van der Waals surface area (Å²) in [5.41, 5.74) is -0.295. The lowest BCUT2D eigenvalue weighted by atomic mass is 9.88. The van der Waals surface area contributed by atoms with Crippen LogP contribution >= 0.6 is 9.24 Å². The average Bonchev–Trinajstić information content (AvgIpc) is 2.42. The number of nitrogens with zero attached hydrogens (tertiary/aromatic N) is 1. The molecule has 1 heterocycles. The van der Waals surface area contributed by atoms with Gasteiger partial charge < -0.3 is 4.79 Å². The first-order valence-corrected chi connectivity index (χ1v) is 5.51. The van der Waals surface area contributed by atoms with E-state index in [-0.39, 0.29) is 36.0 Å². The molecular formula is C10H14NO4P. The second-order valence-electron chi connectivity index (χ2n) is 4.02. The van der Waals surface area contributed by atoms with Gasteiger partial charge in [0, 0.05) is 25.8 Å². The van der Waals surface area contributed by atoms with Gasteiger partial charge in [0.1, 0.15) is 5.78 Å². The van der Waals surface area contributed by atoms with Gasteiger partial charge in [0.15, 0.2) is 5.52 Å². The largest absolute Gasteiger partial charge is 0.300 e. The Kier molecular flexibility index (Phi) is 3.92. The number of likely N-dealkylation sites (tertiary alicyclic amines) is 1. The van der Waals surface area contributed by atoms with Crippen LogP contribution in [-0.4, -0.2) is 35.1 Å². The van der Waals surface area contributed by atoms with Gasteiger partial charge in [-0.05, 0) is 6.92 Å². The van der Waals surface area contributed by atoms with Crippen LogP contribution in [0.2, 0.25) is 0 Å². The standard InChI is InChI=1S/C10H14NO4P/c1-5(12)3-7(10(15)16)6-4-8(13)11(2)9(6)14/h6-7H,3-4,16H2,1-2H3/t6-,7+/m1/s1. The Morgan fingerprint density at radius 2 is 2.06 bits per heavy atom. The van der Waals surface area contributed by atoms with Gasteiger partial charge in [-0.1, -0.05) is 9.24 Å². The minimum Gasteiger partial charge on any atom is -0.300 e. The lowest BCUT2D eigenvalue weighted by Gasteiger charge is -2.17. The van der Waals surface area contributed by atoms with Crippen LogP contribution in [0.1, 0.15) is 19.8 Å². The second-order valence-corrected chi connectivity index (χ2v) is 4.59. The number of imide groups is 1. The highest BCUT2D eigenvalue weighted by atomic mass is 31.0. The van der Waals surface area contributed by atoms with Crippen molar-refractivity contribution in [3.63, 3.8) is 0 Å². The molecule has 0 saturated carbocycles. The normalized spacial score (nSPS) is 22.4. The smallest absolute Gasteiger partial charge is 0.233 e. The van der Waals surface area contributed by atoms with E-state index in [1.54, 1.807) is 0 Å². The molecule has 1 aliphatic rings. The Hall–Kier alpha value is -1.09. The summed E-state index contributed by atoms with van der Waals surface area (Å²) in [6, 6.07) is 0. The minimum absolute atomic E-state index is 0.0138. The molecule has 0 spiro atoms. The predicted molar refractivity (Wildman–Crippen MR) is 59.4 cm³/mol. The zero-order valence-corrected chi connectivity index (χ0v) is 10.4. The Morgan fingerprint density at radius 1 is 1.50 bits per heavy atom. The van der Waals surface area contributed by atoms with Crippen molar-refractivity contribution in [2.75, 3.05) is 7.05 Å². The van der Waals surface area contributed by atoms with Crippen LogP contribution in [0, 0.1) is 11.8 Å². The SMILES string of the molecule is CC(=O)C[C@H](C(=O)P)[C@H]1CC(=O)N(C)C1=O. The number of carbonyl (C=O) groups is 4. The van der Waals surface area contributed by atoms with Gasteiger partial charge in [0.05, 0.1) is 5.92 Å². The summed E-state index contributed by atoms with van der Waals surface area (Å²) in [6.07, 6.45) is 0.0350. The van der Waals surface area contributed by atoms with Crippen molar-refractivity contribution in [2.45, 2.75) is 19.8 Å². The third kappa shape index (κ3) is 2.53. The molecular weight excluding hydrogens is 229 g/mol. The summed E-state index contributed by atoms with van der Waals surface area (Å²) in [6.45, 7) is 1.37. The van der Waals surface area contributed by atoms with E-state index in [9.17, 15) is 19.2 Å². The molecule has 0 radical (unpaired) electrons. The fraction of sp³-hybridized carbons (Fsp3) is 0.600. The fourth-order valence-corrected chi connectivity index (χ4v) is 2.20. The van der Waals surface area contributed by atoms with Crippen molar-refractivity contribution in [1.29, 1.82) is 0 Å². The maximum atomic E-state index is 11.7. The molecule has 1 aliphatic heterocycles. The summed E-state index contributed by atoms with van der Waals surface area (Å²) >= 11 is 0. The molecule has 0 bridgehead atoms. The van der Waals surface area contributed by atoms with E-state index in [1.807, 2.05) is 9.24 Å². The van der Waals surface area contributed by atoms with E-state index < -0.39 is 11.8 Å². The van der Waals surface area contributed by atoms with E-state index in [0.717, 1.165) is 4.90 Å². The van der Waals surface area contributed by atoms with Crippen molar-refractivity contribution in [2.24, 2.45) is 11.8 Å². The molecule has 88 valence electrons. The Morgan fingerprint density at radius 3 is 2.38 bits per heavy atom. The fourth-order valence-electron chi connectivity index (χ4n) is 1.85. The lowest BCUT2D eigenvalue weighted by Crippen LogP contribution is -2.31. The highest BCUT2D eigenvalue weighted by Crippen LogP contribution is 2.30. The van der Waals surface area contributed by atoms with E-state index in [0.29, 0.717) is 0 Å². The first-order valence-electron chi connectivity index (χ1n) is 4.93. The molecule has 0 aromatic heterocycles. The van der Waals surface area contributed by atoms with Crippen LogP contribution in [0.3, 0.4) is 0 Å². The maximum absolute atomic E-state index is 11.7. The van der Waals surface area contributed by atoms with Gasteiger partial charge in [-0.2, -0.15) is 0 Å². The third-order valence-corrected chi connectivity index (χ3v) is 3.20. The van der Waals surface area contributed by atoms with Crippen LogP contribution < -0.4 is 0 Å². The number of hydrogen-bond donors (Lipinski definition) is 0. The van der Waals surface area contributed by atoms with Gasteiger partial charge in [-0.15, -0.1) is 0 Å². The highest BCUT2D eigenvalue weighted by molar-refractivity contribution is 7.40. The molecule has 16 heavy (non-hydrogen) atoms. The average molecular weight is 243 g/mol. The van der Waals surface area contributed by atoms with Crippen molar-refractivity contribution in [3.05, 3.63) is 0 Å². The third-order valence-electron chi connectivity index (χ3n) is 2.77. The van der Waals surface area contributed by atoms with Crippen molar-refractivity contribution < 1.29 is 19.2 Å². The lowest BCUT2D eigenvalue weighted by molar-refractivity contribution is -0.139. The van der Waals surface area contributed by atoms with Crippen LogP contribution in [0.15, 0.2) is 0 Å². The van der Waals surface area contributed by atoms with Gasteiger partial charge >= 0.3 is 0 Å². The molecule has 0 aliphatic carbocycles. The molecule has 6 heteroatoms. The van der Waals surface area contributed by atoms with Crippen LogP contribution in [0.4, 0.5) is 0 Å².